The largest absolute Gasteiger partial charge is 0.390 e. The Bertz CT molecular complexity index is 1310. The number of hydrogen-bond acceptors (Lipinski definition) is 6. The van der Waals surface area contributed by atoms with E-state index in [2.05, 4.69) is 48.5 Å². The molecule has 2 bridgehead atoms. The topological polar surface area (TPSA) is 84.9 Å². The summed E-state index contributed by atoms with van der Waals surface area (Å²) >= 11 is 0. The predicted molar refractivity (Wildman–Crippen MR) is 176 cm³/mol. The zero-order valence-corrected chi connectivity index (χ0v) is 26.5. The average molecular weight is 595 g/mol. The van der Waals surface area contributed by atoms with Crippen molar-refractivity contribution in [3.05, 3.63) is 78.0 Å². The Kier molecular flexibility index (Phi) is 11.5. The molecule has 1 heterocycles. The number of aliphatic hydroxyl groups is 1. The molecule has 1 fully saturated rings. The zero-order valence-electron chi connectivity index (χ0n) is 25.7. The fraction of sp³-hybridized carbons (Fsp3) is 0.529. The van der Waals surface area contributed by atoms with Crippen LogP contribution in [0, 0.1) is 0 Å². The molecule has 1 saturated carbocycles. The van der Waals surface area contributed by atoms with Gasteiger partial charge in [-0.2, -0.15) is 0 Å². The van der Waals surface area contributed by atoms with E-state index in [0.29, 0.717) is 43.5 Å². The molecule has 1 aliphatic carbocycles. The third-order valence-electron chi connectivity index (χ3n) is 8.49. The first-order valence-electron chi connectivity index (χ1n) is 15.7. The molecule has 7 nitrogen and oxygen atoms in total. The van der Waals surface area contributed by atoms with Crippen molar-refractivity contribution in [3.8, 4) is 0 Å². The molecule has 42 heavy (non-hydrogen) atoms. The van der Waals surface area contributed by atoms with E-state index in [0.717, 1.165) is 42.4 Å². The summed E-state index contributed by atoms with van der Waals surface area (Å²) in [5.74, 6) is 0.0470. The summed E-state index contributed by atoms with van der Waals surface area (Å²) in [4.78, 5) is 1.98. The molecule has 230 valence electrons. The Morgan fingerprint density at radius 3 is 2.52 bits per heavy atom. The Hall–Kier alpha value is -2.81. The summed E-state index contributed by atoms with van der Waals surface area (Å²) in [6.45, 7) is 9.73. The maximum atomic E-state index is 13.4. The highest BCUT2D eigenvalue weighted by atomic mass is 32.2. The number of fused-ring (bicyclic) bond motifs is 2. The van der Waals surface area contributed by atoms with Gasteiger partial charge >= 0.3 is 0 Å². The van der Waals surface area contributed by atoms with Crippen molar-refractivity contribution in [2.75, 3.05) is 36.7 Å². The molecule has 0 saturated heterocycles. The number of aliphatic hydroxyl groups excluding tert-OH is 1. The first kappa shape index (κ1) is 32.1. The van der Waals surface area contributed by atoms with Crippen LogP contribution in [0.1, 0.15) is 75.5 Å². The average Bonchev–Trinajstić information content (AvgIpc) is 2.99. The van der Waals surface area contributed by atoms with Crippen molar-refractivity contribution in [1.82, 2.24) is 15.5 Å². The summed E-state index contributed by atoms with van der Waals surface area (Å²) in [5, 5.41) is 18.6. The summed E-state index contributed by atoms with van der Waals surface area (Å²) in [6, 6.07) is 16.4. The molecule has 2 atom stereocenters. The quantitative estimate of drug-likeness (QED) is 0.306. The third-order valence-corrected chi connectivity index (χ3v) is 10.3. The van der Waals surface area contributed by atoms with E-state index in [1.165, 1.54) is 29.1 Å². The second-order valence-corrected chi connectivity index (χ2v) is 13.9. The summed E-state index contributed by atoms with van der Waals surface area (Å²) in [5.41, 5.74) is 5.45. The van der Waals surface area contributed by atoms with Gasteiger partial charge in [0.15, 0.2) is 0 Å². The highest BCUT2D eigenvalue weighted by molar-refractivity contribution is 7.92. The predicted octanol–water partition coefficient (Wildman–Crippen LogP) is 5.38. The van der Waals surface area contributed by atoms with Crippen LogP contribution in [0.2, 0.25) is 0 Å². The molecular weight excluding hydrogens is 544 g/mol. The molecule has 2 aromatic carbocycles. The van der Waals surface area contributed by atoms with Gasteiger partial charge in [0.25, 0.3) is 0 Å². The van der Waals surface area contributed by atoms with Gasteiger partial charge in [0.1, 0.15) is 0 Å². The fourth-order valence-electron chi connectivity index (χ4n) is 6.10. The number of sulfonamides is 1. The standard InChI is InChI=1S/C34H50N4O3S/c1-5-13-28-25-37(4)18-19-42(40,41)38(6-2)32-22-29(21-30(28)23-32)26(3)36-33(20-27-14-9-7-10-15-27)34(39)24-35-31-16-11-8-12-17-31/h7,9-10,14-15,21-23,25,31,33-36,39H,3,5-6,8,11-13,16-20,24H2,1-2,4H3/b28-25-. The first-order valence-corrected chi connectivity index (χ1v) is 17.3. The van der Waals surface area contributed by atoms with E-state index < -0.39 is 16.1 Å². The molecule has 2 aromatic rings. The SMILES string of the molecule is C=C(NC(Cc1ccccc1)C(O)CNC1CCCCC1)c1cc2cc(c1)N(CC)S(=O)(=O)CCN(C)/C=C\2CCC. The van der Waals surface area contributed by atoms with Crippen LogP contribution >= 0.6 is 0 Å². The monoisotopic (exact) mass is 594 g/mol. The van der Waals surface area contributed by atoms with Gasteiger partial charge in [0.2, 0.25) is 10.0 Å². The van der Waals surface area contributed by atoms with Gasteiger partial charge in [0, 0.05) is 44.6 Å². The minimum atomic E-state index is -3.51. The fourth-order valence-corrected chi connectivity index (χ4v) is 7.66. The highest BCUT2D eigenvalue weighted by Crippen LogP contribution is 2.31. The molecule has 4 rings (SSSR count). The van der Waals surface area contributed by atoms with Crippen molar-refractivity contribution in [3.63, 3.8) is 0 Å². The van der Waals surface area contributed by atoms with Gasteiger partial charge in [0.05, 0.1) is 23.6 Å². The Balaban J connectivity index is 1.65. The highest BCUT2D eigenvalue weighted by Gasteiger charge is 2.26. The van der Waals surface area contributed by atoms with Crippen LogP contribution in [0.3, 0.4) is 0 Å². The maximum Gasteiger partial charge on any atom is 0.236 e. The van der Waals surface area contributed by atoms with Crippen molar-refractivity contribution >= 4 is 27.0 Å². The van der Waals surface area contributed by atoms with Crippen molar-refractivity contribution < 1.29 is 13.5 Å². The van der Waals surface area contributed by atoms with E-state index in [1.54, 1.807) is 0 Å². The molecule has 3 N–H and O–H groups in total. The van der Waals surface area contributed by atoms with E-state index in [9.17, 15) is 13.5 Å². The van der Waals surface area contributed by atoms with E-state index in [1.807, 2.05) is 49.2 Å². The van der Waals surface area contributed by atoms with E-state index in [4.69, 9.17) is 0 Å². The number of rotatable bonds is 12. The van der Waals surface area contributed by atoms with Crippen LogP contribution in [0.15, 0.2) is 61.3 Å². The molecule has 8 heteroatoms. The van der Waals surface area contributed by atoms with Gasteiger partial charge < -0.3 is 20.6 Å². The van der Waals surface area contributed by atoms with Gasteiger partial charge in [-0.15, -0.1) is 0 Å². The smallest absolute Gasteiger partial charge is 0.236 e. The zero-order chi connectivity index (χ0) is 30.1. The molecule has 2 aliphatic rings. The number of hydrogen-bond donors (Lipinski definition) is 3. The van der Waals surface area contributed by atoms with Gasteiger partial charge in [-0.3, -0.25) is 4.31 Å². The Labute approximate surface area is 253 Å². The van der Waals surface area contributed by atoms with Gasteiger partial charge in [-0.1, -0.05) is 69.5 Å². The molecule has 2 unspecified atom stereocenters. The lowest BCUT2D eigenvalue weighted by Gasteiger charge is -2.30. The number of nitrogens with zero attached hydrogens (tertiary/aromatic N) is 2. The lowest BCUT2D eigenvalue weighted by atomic mass is 9.94. The summed E-state index contributed by atoms with van der Waals surface area (Å²) in [6.07, 6.45) is 10.0. The van der Waals surface area contributed by atoms with Gasteiger partial charge in [-0.25, -0.2) is 8.42 Å². The lowest BCUT2D eigenvalue weighted by Crippen LogP contribution is -2.47. The summed E-state index contributed by atoms with van der Waals surface area (Å²) < 4.78 is 28.2. The molecule has 0 spiro atoms. The maximum absolute atomic E-state index is 13.4. The van der Waals surface area contributed by atoms with E-state index >= 15 is 0 Å². The third kappa shape index (κ3) is 8.62. The van der Waals surface area contributed by atoms with Crippen LogP contribution in [-0.2, 0) is 16.4 Å². The number of benzene rings is 2. The summed E-state index contributed by atoms with van der Waals surface area (Å²) in [7, 11) is -1.57. The number of anilines is 1. The Morgan fingerprint density at radius 2 is 1.83 bits per heavy atom. The lowest BCUT2D eigenvalue weighted by molar-refractivity contribution is 0.126. The van der Waals surface area contributed by atoms with Crippen molar-refractivity contribution in [2.45, 2.75) is 83.4 Å². The minimum absolute atomic E-state index is 0.0470. The van der Waals surface area contributed by atoms with E-state index in [-0.39, 0.29) is 11.8 Å². The van der Waals surface area contributed by atoms with Crippen molar-refractivity contribution in [2.24, 2.45) is 0 Å². The second kappa shape index (κ2) is 15.1. The minimum Gasteiger partial charge on any atom is -0.390 e. The van der Waals surface area contributed by atoms with Gasteiger partial charge in [-0.05, 0) is 73.1 Å². The molecule has 0 radical (unpaired) electrons. The molecular formula is C34H50N4O3S. The van der Waals surface area contributed by atoms with Crippen molar-refractivity contribution in [1.29, 1.82) is 0 Å². The number of allylic oxidation sites excluding steroid dienone is 1. The van der Waals surface area contributed by atoms with Crippen LogP contribution in [0.25, 0.3) is 11.3 Å². The first-order chi connectivity index (χ1) is 20.2. The van der Waals surface area contributed by atoms with Crippen LogP contribution in [0.4, 0.5) is 5.69 Å². The Morgan fingerprint density at radius 1 is 1.10 bits per heavy atom. The normalized spacial score (nSPS) is 20.3. The molecule has 0 amide bonds. The molecule has 0 aromatic heterocycles. The number of nitrogens with one attached hydrogen (secondary N) is 2. The second-order valence-electron chi connectivity index (χ2n) is 11.9. The van der Waals surface area contributed by atoms with Crippen LogP contribution in [-0.4, -0.2) is 69.0 Å². The van der Waals surface area contributed by atoms with Crippen LogP contribution in [0.5, 0.6) is 0 Å². The molecule has 1 aliphatic heterocycles. The van der Waals surface area contributed by atoms with Crippen LogP contribution < -0.4 is 14.9 Å².